The van der Waals surface area contributed by atoms with Crippen molar-refractivity contribution in [2.24, 2.45) is 0 Å². The summed E-state index contributed by atoms with van der Waals surface area (Å²) in [6.07, 6.45) is 1.49. The Morgan fingerprint density at radius 1 is 1.82 bits per heavy atom. The zero-order chi connectivity index (χ0) is 8.10. The summed E-state index contributed by atoms with van der Waals surface area (Å²) >= 11 is 0. The molecular weight excluding hydrogens is 144 g/mol. The lowest BCUT2D eigenvalue weighted by molar-refractivity contribution is 0.0532. The molecule has 1 radical (unpaired) electrons. The van der Waals surface area contributed by atoms with Crippen molar-refractivity contribution in [2.45, 2.75) is 0 Å². The molecule has 0 aliphatic rings. The van der Waals surface area contributed by atoms with E-state index in [0.29, 0.717) is 0 Å². The van der Waals surface area contributed by atoms with Crippen LogP contribution in [0.3, 0.4) is 0 Å². The van der Waals surface area contributed by atoms with Crippen LogP contribution >= 0.6 is 0 Å². The number of hydrogen-bond acceptors (Lipinski definition) is 3. The van der Waals surface area contributed by atoms with Gasteiger partial charge in [0.15, 0.2) is 0 Å². The van der Waals surface area contributed by atoms with E-state index in [4.69, 9.17) is 0 Å². The number of nitrogens with one attached hydrogen (secondary N) is 1. The Morgan fingerprint density at radius 2 is 2.64 bits per heavy atom. The molecule has 0 unspecified atom stereocenters. The molecule has 1 amide bonds. The van der Waals surface area contributed by atoms with Crippen LogP contribution in [0.5, 0.6) is 0 Å². The van der Waals surface area contributed by atoms with E-state index in [9.17, 15) is 4.79 Å². The molecule has 0 saturated heterocycles. The number of carbonyl (C=O) groups is 1. The molecule has 57 valence electrons. The number of amides is 1. The van der Waals surface area contributed by atoms with Gasteiger partial charge in [-0.2, -0.15) is 0 Å². The highest BCUT2D eigenvalue weighted by Crippen LogP contribution is 1.90. The molecule has 0 bridgehead atoms. The number of nitrogens with zero attached hydrogens (tertiary/aromatic N) is 1. The van der Waals surface area contributed by atoms with E-state index in [0.717, 1.165) is 0 Å². The van der Waals surface area contributed by atoms with Crippen molar-refractivity contribution in [1.82, 2.24) is 10.5 Å². The SMILES string of the molecule is CONC(=O)c1c[c]ccn1. The first-order chi connectivity index (χ1) is 5.34. The summed E-state index contributed by atoms with van der Waals surface area (Å²) < 4.78 is 0. The second-order valence-electron chi connectivity index (χ2n) is 1.78. The summed E-state index contributed by atoms with van der Waals surface area (Å²) in [4.78, 5) is 19.1. The summed E-state index contributed by atoms with van der Waals surface area (Å²) in [6, 6.07) is 5.82. The predicted octanol–water partition coefficient (Wildman–Crippen LogP) is 0.173. The number of pyridine rings is 1. The molecule has 1 rings (SSSR count). The quantitative estimate of drug-likeness (QED) is 0.613. The Labute approximate surface area is 64.2 Å². The molecule has 0 spiro atoms. The summed E-state index contributed by atoms with van der Waals surface area (Å²) in [5, 5.41) is 0. The van der Waals surface area contributed by atoms with E-state index < -0.39 is 0 Å². The van der Waals surface area contributed by atoms with Crippen LogP contribution in [0.4, 0.5) is 0 Å². The Balaban J connectivity index is 2.69. The second-order valence-corrected chi connectivity index (χ2v) is 1.78. The fraction of sp³-hybridized carbons (Fsp3) is 0.143. The lowest BCUT2D eigenvalue weighted by atomic mass is 10.3. The van der Waals surface area contributed by atoms with Crippen LogP contribution in [0, 0.1) is 6.07 Å². The molecule has 4 heteroatoms. The van der Waals surface area contributed by atoms with Gasteiger partial charge in [0.25, 0.3) is 5.91 Å². The molecule has 11 heavy (non-hydrogen) atoms. The van der Waals surface area contributed by atoms with Crippen molar-refractivity contribution in [2.75, 3.05) is 7.11 Å². The van der Waals surface area contributed by atoms with Crippen molar-refractivity contribution in [3.05, 3.63) is 30.1 Å². The highest BCUT2D eigenvalue weighted by atomic mass is 16.6. The predicted molar refractivity (Wildman–Crippen MR) is 37.5 cm³/mol. The molecule has 4 nitrogen and oxygen atoms in total. The first-order valence-electron chi connectivity index (χ1n) is 3.00. The zero-order valence-corrected chi connectivity index (χ0v) is 6.00. The molecule has 0 fully saturated rings. The van der Waals surface area contributed by atoms with Crippen LogP contribution in [0.2, 0.25) is 0 Å². The third-order valence-electron chi connectivity index (χ3n) is 1.03. The third-order valence-corrected chi connectivity index (χ3v) is 1.03. The minimum absolute atomic E-state index is 0.286. The molecule has 0 aliphatic heterocycles. The average Bonchev–Trinajstić information content (AvgIpc) is 2.07. The first kappa shape index (κ1) is 7.68. The number of hydrogen-bond donors (Lipinski definition) is 1. The maximum Gasteiger partial charge on any atom is 0.293 e. The summed E-state index contributed by atoms with van der Waals surface area (Å²) in [5.74, 6) is -0.371. The maximum absolute atomic E-state index is 10.9. The second kappa shape index (κ2) is 3.68. The van der Waals surface area contributed by atoms with E-state index in [1.165, 1.54) is 19.4 Å². The van der Waals surface area contributed by atoms with E-state index in [1.807, 2.05) is 0 Å². The molecular formula is C7H7N2O2. The zero-order valence-electron chi connectivity index (χ0n) is 6.00. The van der Waals surface area contributed by atoms with Crippen LogP contribution in [0.1, 0.15) is 10.5 Å². The van der Waals surface area contributed by atoms with E-state index in [2.05, 4.69) is 21.4 Å². The van der Waals surface area contributed by atoms with Crippen molar-refractivity contribution >= 4 is 5.91 Å². The number of aromatic nitrogens is 1. The van der Waals surface area contributed by atoms with Crippen LogP contribution in [0.15, 0.2) is 18.3 Å². The highest BCUT2D eigenvalue weighted by molar-refractivity contribution is 5.91. The van der Waals surface area contributed by atoms with Crippen molar-refractivity contribution in [3.8, 4) is 0 Å². The van der Waals surface area contributed by atoms with Gasteiger partial charge in [0, 0.05) is 6.20 Å². The number of rotatable bonds is 2. The van der Waals surface area contributed by atoms with Gasteiger partial charge in [-0.25, -0.2) is 5.48 Å². The van der Waals surface area contributed by atoms with Crippen LogP contribution in [-0.2, 0) is 4.84 Å². The van der Waals surface area contributed by atoms with Gasteiger partial charge in [0.05, 0.1) is 7.11 Å². The minimum atomic E-state index is -0.371. The average molecular weight is 151 g/mol. The first-order valence-corrected chi connectivity index (χ1v) is 3.00. The van der Waals surface area contributed by atoms with Crippen molar-refractivity contribution in [3.63, 3.8) is 0 Å². The molecule has 1 aromatic heterocycles. The minimum Gasteiger partial charge on any atom is -0.277 e. The monoisotopic (exact) mass is 151 g/mol. The highest BCUT2D eigenvalue weighted by Gasteiger charge is 2.03. The van der Waals surface area contributed by atoms with Crippen molar-refractivity contribution < 1.29 is 9.63 Å². The lowest BCUT2D eigenvalue weighted by Crippen LogP contribution is -2.22. The summed E-state index contributed by atoms with van der Waals surface area (Å²) in [7, 11) is 1.37. The Bertz CT molecular complexity index is 235. The van der Waals surface area contributed by atoms with Crippen LogP contribution in [0.25, 0.3) is 0 Å². The molecule has 0 saturated carbocycles. The Kier molecular flexibility index (Phi) is 2.57. The van der Waals surface area contributed by atoms with Gasteiger partial charge in [-0.15, -0.1) is 0 Å². The van der Waals surface area contributed by atoms with Gasteiger partial charge in [0.1, 0.15) is 5.69 Å². The van der Waals surface area contributed by atoms with Gasteiger partial charge in [0.2, 0.25) is 0 Å². The molecule has 1 heterocycles. The Hall–Kier alpha value is -1.42. The molecule has 0 aromatic carbocycles. The topological polar surface area (TPSA) is 51.2 Å². The van der Waals surface area contributed by atoms with E-state index in [1.54, 1.807) is 6.07 Å². The largest absolute Gasteiger partial charge is 0.293 e. The lowest BCUT2D eigenvalue weighted by Gasteiger charge is -1.98. The normalized spacial score (nSPS) is 9.18. The number of hydroxylamine groups is 1. The van der Waals surface area contributed by atoms with Crippen molar-refractivity contribution in [1.29, 1.82) is 0 Å². The van der Waals surface area contributed by atoms with Gasteiger partial charge >= 0.3 is 0 Å². The van der Waals surface area contributed by atoms with Crippen LogP contribution in [-0.4, -0.2) is 18.0 Å². The maximum atomic E-state index is 10.9. The van der Waals surface area contributed by atoms with Gasteiger partial charge in [-0.1, -0.05) is 0 Å². The summed E-state index contributed by atoms with van der Waals surface area (Å²) in [6.45, 7) is 0. The molecule has 1 N–H and O–H groups in total. The Morgan fingerprint density at radius 3 is 3.18 bits per heavy atom. The van der Waals surface area contributed by atoms with Crippen LogP contribution < -0.4 is 5.48 Å². The van der Waals surface area contributed by atoms with Gasteiger partial charge in [-0.3, -0.25) is 14.6 Å². The fourth-order valence-electron chi connectivity index (χ4n) is 0.594. The molecule has 1 aromatic rings. The van der Waals surface area contributed by atoms with Gasteiger partial charge < -0.3 is 0 Å². The van der Waals surface area contributed by atoms with E-state index >= 15 is 0 Å². The smallest absolute Gasteiger partial charge is 0.277 e. The molecule has 0 aliphatic carbocycles. The van der Waals surface area contributed by atoms with Gasteiger partial charge in [-0.05, 0) is 18.2 Å². The molecule has 0 atom stereocenters. The summed E-state index contributed by atoms with van der Waals surface area (Å²) in [5.41, 5.74) is 2.43. The number of carbonyl (C=O) groups excluding carboxylic acids is 1. The third kappa shape index (κ3) is 2.01. The van der Waals surface area contributed by atoms with E-state index in [-0.39, 0.29) is 11.6 Å². The standard InChI is InChI=1S/C7H7N2O2/c1-11-9-7(10)6-4-2-3-5-8-6/h3-5H,1H3,(H,9,10). The fourth-order valence-corrected chi connectivity index (χ4v) is 0.594.